The Bertz CT molecular complexity index is 1220. The number of carbonyl (C=O) groups excluding carboxylic acids is 1. The Balaban J connectivity index is 1.14. The Labute approximate surface area is 216 Å². The monoisotopic (exact) mass is 507 g/mol. The highest BCUT2D eigenvalue weighted by Crippen LogP contribution is 2.26. The lowest BCUT2D eigenvalue weighted by Gasteiger charge is -2.33. The molecule has 1 amide bonds. The van der Waals surface area contributed by atoms with Crippen molar-refractivity contribution in [2.75, 3.05) is 23.3 Å². The van der Waals surface area contributed by atoms with E-state index in [0.717, 1.165) is 61.3 Å². The van der Waals surface area contributed by atoms with Crippen LogP contribution in [0, 0.1) is 18.7 Å². The van der Waals surface area contributed by atoms with Crippen molar-refractivity contribution in [3.05, 3.63) is 59.8 Å². The number of piperidine rings is 1. The van der Waals surface area contributed by atoms with Crippen LogP contribution in [0.25, 0.3) is 5.82 Å². The number of halogens is 1. The number of hydrogen-bond acceptors (Lipinski definition) is 8. The SMILES string of the molecule is Cc1cc(NC2CC(C)NN2)nc(N2CCC(C(=O)N[C@@H](C)c3ccc(-n4cc(F)cn4)nc3)CC2)c1. The van der Waals surface area contributed by atoms with E-state index in [1.54, 1.807) is 12.3 Å². The summed E-state index contributed by atoms with van der Waals surface area (Å²) in [5.74, 6) is 1.91. The van der Waals surface area contributed by atoms with Crippen molar-refractivity contribution in [2.45, 2.75) is 58.3 Å². The molecule has 2 aliphatic heterocycles. The maximum atomic E-state index is 13.2. The third-order valence-corrected chi connectivity index (χ3v) is 6.98. The summed E-state index contributed by atoms with van der Waals surface area (Å²) in [5.41, 5.74) is 8.51. The van der Waals surface area contributed by atoms with E-state index in [2.05, 4.69) is 62.4 Å². The van der Waals surface area contributed by atoms with E-state index in [4.69, 9.17) is 4.98 Å². The highest BCUT2D eigenvalue weighted by Gasteiger charge is 2.27. The largest absolute Gasteiger partial charge is 0.356 e. The van der Waals surface area contributed by atoms with Gasteiger partial charge in [-0.05, 0) is 69.4 Å². The van der Waals surface area contributed by atoms with Crippen molar-refractivity contribution in [1.82, 2.24) is 35.9 Å². The molecule has 10 nitrogen and oxygen atoms in total. The van der Waals surface area contributed by atoms with Gasteiger partial charge in [0.1, 0.15) is 11.6 Å². The summed E-state index contributed by atoms with van der Waals surface area (Å²) in [7, 11) is 0. The van der Waals surface area contributed by atoms with Crippen LogP contribution in [0.3, 0.4) is 0 Å². The molecule has 5 heterocycles. The fraction of sp³-hybridized carbons (Fsp3) is 0.462. The molecule has 11 heteroatoms. The van der Waals surface area contributed by atoms with Gasteiger partial charge in [-0.25, -0.2) is 24.5 Å². The van der Waals surface area contributed by atoms with E-state index in [-0.39, 0.29) is 24.0 Å². The van der Waals surface area contributed by atoms with Crippen molar-refractivity contribution < 1.29 is 9.18 Å². The minimum absolute atomic E-state index is 0.0457. The number of anilines is 2. The lowest BCUT2D eigenvalue weighted by Crippen LogP contribution is -2.41. The maximum absolute atomic E-state index is 13.2. The van der Waals surface area contributed by atoms with Crippen LogP contribution in [0.2, 0.25) is 0 Å². The average Bonchev–Trinajstić information content (AvgIpc) is 3.51. The Morgan fingerprint density at radius 2 is 1.97 bits per heavy atom. The molecule has 3 aromatic rings. The lowest BCUT2D eigenvalue weighted by molar-refractivity contribution is -0.126. The quantitative estimate of drug-likeness (QED) is 0.386. The van der Waals surface area contributed by atoms with Crippen molar-refractivity contribution in [3.8, 4) is 5.82 Å². The average molecular weight is 508 g/mol. The van der Waals surface area contributed by atoms with Gasteiger partial charge in [-0.1, -0.05) is 6.07 Å². The number of nitrogens with zero attached hydrogens (tertiary/aromatic N) is 5. The number of aryl methyl sites for hydroxylation is 1. The van der Waals surface area contributed by atoms with Crippen molar-refractivity contribution in [1.29, 1.82) is 0 Å². The highest BCUT2D eigenvalue weighted by atomic mass is 19.1. The molecule has 2 aliphatic rings. The predicted octanol–water partition coefficient (Wildman–Crippen LogP) is 2.83. The summed E-state index contributed by atoms with van der Waals surface area (Å²) in [6.07, 6.45) is 6.77. The molecule has 2 unspecified atom stereocenters. The molecular formula is C26H34FN9O. The highest BCUT2D eigenvalue weighted by molar-refractivity contribution is 5.79. The van der Waals surface area contributed by atoms with Crippen molar-refractivity contribution in [2.24, 2.45) is 5.92 Å². The summed E-state index contributed by atoms with van der Waals surface area (Å²) in [4.78, 5) is 24.5. The molecule has 4 N–H and O–H groups in total. The Hall–Kier alpha value is -3.57. The van der Waals surface area contributed by atoms with E-state index in [0.29, 0.717) is 11.9 Å². The summed E-state index contributed by atoms with van der Waals surface area (Å²) < 4.78 is 14.6. The van der Waals surface area contributed by atoms with Gasteiger partial charge in [0.25, 0.3) is 0 Å². The second-order valence-corrected chi connectivity index (χ2v) is 10.1. The van der Waals surface area contributed by atoms with Crippen LogP contribution in [0.5, 0.6) is 0 Å². The lowest BCUT2D eigenvalue weighted by atomic mass is 9.95. The van der Waals surface area contributed by atoms with Crippen LogP contribution in [0.4, 0.5) is 16.0 Å². The molecule has 3 atom stereocenters. The topological polar surface area (TPSA) is 112 Å². The molecule has 3 aromatic heterocycles. The molecule has 5 rings (SSSR count). The zero-order chi connectivity index (χ0) is 25.9. The normalized spacial score (nSPS) is 21.1. The molecular weight excluding hydrogens is 473 g/mol. The van der Waals surface area contributed by atoms with Crippen molar-refractivity contribution >= 4 is 17.5 Å². The van der Waals surface area contributed by atoms with Crippen LogP contribution >= 0.6 is 0 Å². The number of amides is 1. The first-order valence-electron chi connectivity index (χ1n) is 12.8. The van der Waals surface area contributed by atoms with Gasteiger partial charge in [0, 0.05) is 31.2 Å². The summed E-state index contributed by atoms with van der Waals surface area (Å²) in [5, 5.41) is 10.5. The third-order valence-electron chi connectivity index (χ3n) is 6.98. The molecule has 0 spiro atoms. The first-order chi connectivity index (χ1) is 17.8. The van der Waals surface area contributed by atoms with Crippen molar-refractivity contribution in [3.63, 3.8) is 0 Å². The molecule has 0 saturated carbocycles. The smallest absolute Gasteiger partial charge is 0.223 e. The number of hydrazine groups is 1. The number of rotatable bonds is 7. The Kier molecular flexibility index (Phi) is 7.33. The van der Waals surface area contributed by atoms with Crippen LogP contribution in [0.1, 0.15) is 50.3 Å². The molecule has 2 saturated heterocycles. The van der Waals surface area contributed by atoms with Gasteiger partial charge in [0.2, 0.25) is 5.91 Å². The van der Waals surface area contributed by atoms with Gasteiger partial charge in [0.15, 0.2) is 11.6 Å². The van der Waals surface area contributed by atoms with E-state index < -0.39 is 5.82 Å². The van der Waals surface area contributed by atoms with Gasteiger partial charge >= 0.3 is 0 Å². The van der Waals surface area contributed by atoms with Gasteiger partial charge in [-0.2, -0.15) is 5.10 Å². The predicted molar refractivity (Wildman–Crippen MR) is 140 cm³/mol. The number of pyridine rings is 2. The van der Waals surface area contributed by atoms with Gasteiger partial charge in [0.05, 0.1) is 24.6 Å². The molecule has 196 valence electrons. The fourth-order valence-corrected chi connectivity index (χ4v) is 4.87. The number of aromatic nitrogens is 4. The third kappa shape index (κ3) is 6.05. The zero-order valence-corrected chi connectivity index (χ0v) is 21.4. The first kappa shape index (κ1) is 25.1. The van der Waals surface area contributed by atoms with Crippen LogP contribution in [-0.4, -0.2) is 51.0 Å². The molecule has 0 bridgehead atoms. The van der Waals surface area contributed by atoms with Crippen LogP contribution in [-0.2, 0) is 4.79 Å². The number of carbonyl (C=O) groups is 1. The van der Waals surface area contributed by atoms with E-state index in [1.165, 1.54) is 10.9 Å². The standard InChI is InChI=1S/C26H34FN9O/c1-16-10-22(31-23-12-17(2)33-34-23)32-25(11-16)35-8-6-19(7-9-35)26(37)30-18(3)20-4-5-24(28-13-20)36-15-21(27)14-29-36/h4-5,10-11,13-15,17-19,23,33-34H,6-9,12H2,1-3H3,(H,30,37)(H,31,32)/t17?,18-,23?/m0/s1. The molecule has 0 aromatic carbocycles. The van der Waals surface area contributed by atoms with Gasteiger partial charge < -0.3 is 15.5 Å². The molecule has 37 heavy (non-hydrogen) atoms. The fourth-order valence-electron chi connectivity index (χ4n) is 4.87. The second kappa shape index (κ2) is 10.8. The minimum atomic E-state index is -0.415. The van der Waals surface area contributed by atoms with Crippen LogP contribution in [0.15, 0.2) is 42.9 Å². The van der Waals surface area contributed by atoms with E-state index >= 15 is 0 Å². The minimum Gasteiger partial charge on any atom is -0.356 e. The van der Waals surface area contributed by atoms with E-state index in [9.17, 15) is 9.18 Å². The first-order valence-corrected chi connectivity index (χ1v) is 12.8. The molecule has 0 radical (unpaired) electrons. The van der Waals surface area contributed by atoms with Gasteiger partial charge in [-0.3, -0.25) is 10.2 Å². The Morgan fingerprint density at radius 1 is 1.16 bits per heavy atom. The number of nitrogens with one attached hydrogen (secondary N) is 4. The molecule has 0 aliphatic carbocycles. The summed E-state index contributed by atoms with van der Waals surface area (Å²) in [6, 6.07) is 8.03. The number of hydrogen-bond donors (Lipinski definition) is 4. The van der Waals surface area contributed by atoms with E-state index in [1.807, 2.05) is 13.0 Å². The summed E-state index contributed by atoms with van der Waals surface area (Å²) in [6.45, 7) is 7.72. The summed E-state index contributed by atoms with van der Waals surface area (Å²) >= 11 is 0. The van der Waals surface area contributed by atoms with Gasteiger partial charge in [-0.15, -0.1) is 0 Å². The second-order valence-electron chi connectivity index (χ2n) is 10.1. The zero-order valence-electron chi connectivity index (χ0n) is 21.4. The Morgan fingerprint density at radius 3 is 2.62 bits per heavy atom. The van der Waals surface area contributed by atoms with Crippen LogP contribution < -0.4 is 26.4 Å². The molecule has 2 fully saturated rings. The maximum Gasteiger partial charge on any atom is 0.223 e.